The zero-order valence-corrected chi connectivity index (χ0v) is 8.76. The van der Waals surface area contributed by atoms with E-state index in [9.17, 15) is 0 Å². The van der Waals surface area contributed by atoms with Gasteiger partial charge >= 0.3 is 0 Å². The van der Waals surface area contributed by atoms with E-state index in [0.29, 0.717) is 5.41 Å². The molecule has 2 aliphatic rings. The lowest BCUT2D eigenvalue weighted by atomic mass is 9.68. The monoisotopic (exact) mass is 182 g/mol. The van der Waals surface area contributed by atoms with Gasteiger partial charge in [0.05, 0.1) is 0 Å². The molecule has 2 fully saturated rings. The number of likely N-dealkylation sites (tertiary alicyclic amines) is 1. The van der Waals surface area contributed by atoms with Crippen LogP contribution in [0.25, 0.3) is 0 Å². The fraction of sp³-hybridized carbons (Fsp3) is 1.00. The summed E-state index contributed by atoms with van der Waals surface area (Å²) in [6.07, 6.45) is 5.53. The predicted octanol–water partition coefficient (Wildman–Crippen LogP) is 1.46. The summed E-state index contributed by atoms with van der Waals surface area (Å²) in [5.41, 5.74) is 6.37. The van der Waals surface area contributed by atoms with Gasteiger partial charge in [-0.2, -0.15) is 0 Å². The molecule has 2 heteroatoms. The topological polar surface area (TPSA) is 29.3 Å². The number of nitrogens with two attached hydrogens (primary N) is 1. The molecule has 2 rings (SSSR count). The van der Waals surface area contributed by atoms with Crippen LogP contribution >= 0.6 is 0 Å². The Labute approximate surface area is 81.5 Å². The molecule has 2 nitrogen and oxygen atoms in total. The van der Waals surface area contributed by atoms with Crippen molar-refractivity contribution in [2.75, 3.05) is 26.2 Å². The van der Waals surface area contributed by atoms with E-state index in [2.05, 4.69) is 11.8 Å². The molecule has 1 heterocycles. The summed E-state index contributed by atoms with van der Waals surface area (Å²) in [6, 6.07) is 0. The Balaban J connectivity index is 1.83. The molecular formula is C11H22N2. The first-order valence-corrected chi connectivity index (χ1v) is 5.66. The maximum absolute atomic E-state index is 5.85. The second-order valence-corrected chi connectivity index (χ2v) is 5.19. The van der Waals surface area contributed by atoms with Gasteiger partial charge in [0.25, 0.3) is 0 Å². The van der Waals surface area contributed by atoms with Gasteiger partial charge < -0.3 is 10.6 Å². The van der Waals surface area contributed by atoms with Crippen molar-refractivity contribution in [2.24, 2.45) is 17.1 Å². The van der Waals surface area contributed by atoms with Gasteiger partial charge in [-0.25, -0.2) is 0 Å². The Morgan fingerprint density at radius 2 is 2.23 bits per heavy atom. The van der Waals surface area contributed by atoms with Gasteiger partial charge in [-0.1, -0.05) is 13.3 Å². The summed E-state index contributed by atoms with van der Waals surface area (Å²) < 4.78 is 0. The number of nitrogens with zero attached hydrogens (tertiary/aromatic N) is 1. The van der Waals surface area contributed by atoms with Crippen molar-refractivity contribution >= 4 is 0 Å². The van der Waals surface area contributed by atoms with Crippen molar-refractivity contribution in [3.05, 3.63) is 0 Å². The highest BCUT2D eigenvalue weighted by Crippen LogP contribution is 2.41. The molecule has 0 bridgehead atoms. The Morgan fingerprint density at radius 3 is 2.62 bits per heavy atom. The molecule has 1 atom stereocenters. The first kappa shape index (κ1) is 9.47. The van der Waals surface area contributed by atoms with E-state index in [1.165, 1.54) is 45.3 Å². The van der Waals surface area contributed by atoms with Crippen LogP contribution in [0.4, 0.5) is 0 Å². The molecular weight excluding hydrogens is 160 g/mol. The smallest absolute Gasteiger partial charge is 0.00502 e. The van der Waals surface area contributed by atoms with E-state index >= 15 is 0 Å². The van der Waals surface area contributed by atoms with Crippen LogP contribution in [0.15, 0.2) is 0 Å². The summed E-state index contributed by atoms with van der Waals surface area (Å²) in [4.78, 5) is 2.62. The minimum atomic E-state index is 0.518. The highest BCUT2D eigenvalue weighted by atomic mass is 15.2. The predicted molar refractivity (Wildman–Crippen MR) is 55.6 cm³/mol. The highest BCUT2D eigenvalue weighted by molar-refractivity contribution is 4.92. The van der Waals surface area contributed by atoms with Crippen LogP contribution in [-0.2, 0) is 0 Å². The van der Waals surface area contributed by atoms with Crippen molar-refractivity contribution in [1.29, 1.82) is 0 Å². The molecule has 1 saturated heterocycles. The lowest BCUT2D eigenvalue weighted by molar-refractivity contribution is 0.0854. The summed E-state index contributed by atoms with van der Waals surface area (Å²) in [7, 11) is 0. The number of rotatable bonds is 3. The Kier molecular flexibility index (Phi) is 2.61. The van der Waals surface area contributed by atoms with Crippen molar-refractivity contribution in [3.63, 3.8) is 0 Å². The number of hydrogen-bond donors (Lipinski definition) is 1. The van der Waals surface area contributed by atoms with Gasteiger partial charge in [0.1, 0.15) is 0 Å². The summed E-state index contributed by atoms with van der Waals surface area (Å²) >= 11 is 0. The van der Waals surface area contributed by atoms with Crippen LogP contribution in [0.2, 0.25) is 0 Å². The Morgan fingerprint density at radius 1 is 1.46 bits per heavy atom. The highest BCUT2D eigenvalue weighted by Gasteiger charge is 2.38. The molecule has 0 radical (unpaired) electrons. The largest absolute Gasteiger partial charge is 0.330 e. The maximum Gasteiger partial charge on any atom is 0.00502 e. The number of hydrogen-bond acceptors (Lipinski definition) is 2. The molecule has 1 saturated carbocycles. The van der Waals surface area contributed by atoms with Gasteiger partial charge in [0.15, 0.2) is 0 Å². The minimum absolute atomic E-state index is 0.518. The van der Waals surface area contributed by atoms with E-state index < -0.39 is 0 Å². The van der Waals surface area contributed by atoms with Gasteiger partial charge in [-0.05, 0) is 43.7 Å². The molecule has 0 aromatic carbocycles. The lowest BCUT2D eigenvalue weighted by Gasteiger charge is -2.43. The zero-order valence-electron chi connectivity index (χ0n) is 8.76. The molecule has 1 aliphatic heterocycles. The van der Waals surface area contributed by atoms with E-state index in [0.717, 1.165) is 12.5 Å². The molecule has 13 heavy (non-hydrogen) atoms. The average molecular weight is 182 g/mol. The van der Waals surface area contributed by atoms with Gasteiger partial charge in [0, 0.05) is 13.1 Å². The van der Waals surface area contributed by atoms with Crippen molar-refractivity contribution in [2.45, 2.75) is 32.6 Å². The molecule has 0 aromatic heterocycles. The summed E-state index contributed by atoms with van der Waals surface area (Å²) in [5.74, 6) is 0.912. The van der Waals surface area contributed by atoms with E-state index in [1.807, 2.05) is 0 Å². The first-order valence-electron chi connectivity index (χ1n) is 5.66. The van der Waals surface area contributed by atoms with Crippen LogP contribution in [-0.4, -0.2) is 31.1 Å². The van der Waals surface area contributed by atoms with Crippen molar-refractivity contribution in [3.8, 4) is 0 Å². The average Bonchev–Trinajstić information content (AvgIpc) is 2.44. The van der Waals surface area contributed by atoms with Gasteiger partial charge in [-0.3, -0.25) is 0 Å². The molecule has 0 amide bonds. The minimum Gasteiger partial charge on any atom is -0.330 e. The molecule has 0 spiro atoms. The molecule has 76 valence electrons. The van der Waals surface area contributed by atoms with Gasteiger partial charge in [0.2, 0.25) is 0 Å². The third kappa shape index (κ3) is 1.89. The third-order valence-electron chi connectivity index (χ3n) is 3.91. The third-order valence-corrected chi connectivity index (χ3v) is 3.91. The fourth-order valence-corrected chi connectivity index (χ4v) is 2.75. The molecule has 0 aromatic rings. The van der Waals surface area contributed by atoms with E-state index in [4.69, 9.17) is 5.73 Å². The molecule has 2 N–H and O–H groups in total. The Bertz CT molecular complexity index is 169. The SMILES string of the molecule is CC1CCN(CC2(CN)CCC2)C1. The molecule has 1 aliphatic carbocycles. The van der Waals surface area contributed by atoms with Crippen molar-refractivity contribution in [1.82, 2.24) is 4.90 Å². The zero-order chi connectivity index (χ0) is 9.31. The normalized spacial score (nSPS) is 33.2. The van der Waals surface area contributed by atoms with Crippen LogP contribution in [0.3, 0.4) is 0 Å². The first-order chi connectivity index (χ1) is 6.24. The Hall–Kier alpha value is -0.0800. The van der Waals surface area contributed by atoms with Crippen LogP contribution < -0.4 is 5.73 Å². The van der Waals surface area contributed by atoms with E-state index in [1.54, 1.807) is 0 Å². The molecule has 1 unspecified atom stereocenters. The summed E-state index contributed by atoms with van der Waals surface area (Å²) in [5, 5.41) is 0. The van der Waals surface area contributed by atoms with Crippen LogP contribution in [0, 0.1) is 11.3 Å². The standard InChI is InChI=1S/C11H22N2/c1-10-3-6-13(7-10)9-11(8-12)4-2-5-11/h10H,2-9,12H2,1H3. The van der Waals surface area contributed by atoms with Crippen LogP contribution in [0.1, 0.15) is 32.6 Å². The second-order valence-electron chi connectivity index (χ2n) is 5.19. The fourth-order valence-electron chi connectivity index (χ4n) is 2.75. The second kappa shape index (κ2) is 3.58. The maximum atomic E-state index is 5.85. The lowest BCUT2D eigenvalue weighted by Crippen LogP contribution is -2.46. The summed E-state index contributed by atoms with van der Waals surface area (Å²) in [6.45, 7) is 7.15. The van der Waals surface area contributed by atoms with E-state index in [-0.39, 0.29) is 0 Å². The van der Waals surface area contributed by atoms with Crippen molar-refractivity contribution < 1.29 is 0 Å². The van der Waals surface area contributed by atoms with Gasteiger partial charge in [-0.15, -0.1) is 0 Å². The van der Waals surface area contributed by atoms with Crippen LogP contribution in [0.5, 0.6) is 0 Å². The quantitative estimate of drug-likeness (QED) is 0.716.